The Morgan fingerprint density at radius 1 is 0.516 bits per heavy atom. The molecule has 0 unspecified atom stereocenters. The fourth-order valence-electron chi connectivity index (χ4n) is 10.1. The Labute approximate surface area is 366 Å². The molecule has 0 aliphatic heterocycles. The Morgan fingerprint density at radius 2 is 1.11 bits per heavy atom. The zero-order valence-corrected chi connectivity index (χ0v) is 35.7. The summed E-state index contributed by atoms with van der Waals surface area (Å²) < 4.78 is 5.17. The first-order valence-corrected chi connectivity index (χ1v) is 22.7. The lowest BCUT2D eigenvalue weighted by molar-refractivity contribution is 0.935. The molecule has 0 radical (unpaired) electrons. The van der Waals surface area contributed by atoms with E-state index in [1.807, 2.05) is 37.3 Å². The number of rotatable bonds is 5. The highest BCUT2D eigenvalue weighted by atomic mass is 32.1. The molecule has 3 heteroatoms. The summed E-state index contributed by atoms with van der Waals surface area (Å²) in [7, 11) is 0. The van der Waals surface area contributed by atoms with Gasteiger partial charge in [0.1, 0.15) is 0 Å². The van der Waals surface area contributed by atoms with E-state index >= 15 is 0 Å². The first-order chi connectivity index (χ1) is 30.7. The van der Waals surface area contributed by atoms with Gasteiger partial charge in [0.2, 0.25) is 0 Å². The maximum atomic E-state index is 2.51. The number of anilines is 3. The first kappa shape index (κ1) is 36.6. The van der Waals surface area contributed by atoms with Gasteiger partial charge in [-0.3, -0.25) is 0 Å². The van der Waals surface area contributed by atoms with E-state index in [1.165, 1.54) is 104 Å². The molecule has 2 nitrogen and oxygen atoms in total. The molecule has 296 valence electrons. The molecule has 2 aliphatic rings. The van der Waals surface area contributed by atoms with Crippen LogP contribution < -0.4 is 4.90 Å². The van der Waals surface area contributed by atoms with E-state index in [-0.39, 0.29) is 0 Å². The van der Waals surface area contributed by atoms with E-state index in [9.17, 15) is 0 Å². The second-order valence-electron chi connectivity index (χ2n) is 16.6. The molecule has 3 heterocycles. The standard InChI is InChI=1S/C55H36N2S.C4H8/c1-2-10-42-38(9-1)31-39-20-19-36(32-48(39)42)34-21-26-40(27-22-34)56(41-28-23-35(24-29-41)37-25-30-53-49(33-37)44-12-4-6-18-52(44)58-53)51-17-8-15-47-46-14-7-13-45-43-11-3-5-16-50(43)57(54(45)46)55(47)51;1-3-4-2/h2-8,10-30,32-33H,1,9,31H2;3-4H,1-2H3/b;4-3-. The van der Waals surface area contributed by atoms with Crippen molar-refractivity contribution in [2.75, 3.05) is 4.90 Å². The number of thiophene rings is 1. The van der Waals surface area contributed by atoms with E-state index in [4.69, 9.17) is 0 Å². The van der Waals surface area contributed by atoms with Crippen LogP contribution in [0.5, 0.6) is 0 Å². The van der Waals surface area contributed by atoms with Gasteiger partial charge in [-0.25, -0.2) is 0 Å². The molecule has 0 N–H and O–H groups in total. The number of hydrogen-bond donors (Lipinski definition) is 0. The minimum absolute atomic E-state index is 1.09. The summed E-state index contributed by atoms with van der Waals surface area (Å²) in [5.41, 5.74) is 18.0. The Kier molecular flexibility index (Phi) is 8.72. The average Bonchev–Trinajstić information content (AvgIpc) is 4.09. The molecule has 0 bridgehead atoms. The van der Waals surface area contributed by atoms with Gasteiger partial charge in [-0.15, -0.1) is 11.3 Å². The zero-order chi connectivity index (χ0) is 41.3. The average molecular weight is 813 g/mol. The van der Waals surface area contributed by atoms with Gasteiger partial charge >= 0.3 is 0 Å². The predicted octanol–water partition coefficient (Wildman–Crippen LogP) is 17.3. The van der Waals surface area contributed by atoms with Crippen LogP contribution in [0.2, 0.25) is 0 Å². The minimum atomic E-state index is 1.09. The maximum Gasteiger partial charge on any atom is 0.0782 e. The van der Waals surface area contributed by atoms with Gasteiger partial charge in [0.15, 0.2) is 0 Å². The van der Waals surface area contributed by atoms with E-state index in [1.54, 1.807) is 5.57 Å². The molecule has 3 aromatic heterocycles. The summed E-state index contributed by atoms with van der Waals surface area (Å²) in [5.74, 6) is 0. The molecule has 0 amide bonds. The quantitative estimate of drug-likeness (QED) is 0.157. The number of fused-ring (bicyclic) bond motifs is 11. The van der Waals surface area contributed by atoms with Crippen molar-refractivity contribution < 1.29 is 0 Å². The molecule has 0 saturated carbocycles. The molecule has 11 aromatic rings. The highest BCUT2D eigenvalue weighted by Crippen LogP contribution is 2.47. The summed E-state index contributed by atoms with van der Waals surface area (Å²) in [4.78, 5) is 2.46. The van der Waals surface area contributed by atoms with Crippen LogP contribution >= 0.6 is 11.3 Å². The van der Waals surface area contributed by atoms with Gasteiger partial charge in [0, 0.05) is 53.1 Å². The van der Waals surface area contributed by atoms with Crippen LogP contribution in [-0.2, 0) is 6.42 Å². The SMILES string of the molecule is C/C=C\C.C1=CC2=C(CC1)Cc1ccc(-c3ccc(N(c4ccc(-c5ccc6sc7ccccc7c6c5)cc4)c4cccc5c6cccc7c8ccccc8n(c45)c76)cc3)cc12. The number of nitrogens with zero attached hydrogens (tertiary/aromatic N) is 2. The molecular formula is C59H44N2S. The van der Waals surface area contributed by atoms with Gasteiger partial charge < -0.3 is 9.30 Å². The second kappa shape index (κ2) is 14.8. The van der Waals surface area contributed by atoms with E-state index < -0.39 is 0 Å². The largest absolute Gasteiger partial charge is 0.308 e. The maximum absolute atomic E-state index is 2.51. The second-order valence-corrected chi connectivity index (χ2v) is 17.7. The van der Waals surface area contributed by atoms with E-state index in [0.29, 0.717) is 0 Å². The molecular weight excluding hydrogens is 769 g/mol. The molecule has 0 fully saturated rings. The van der Waals surface area contributed by atoms with Crippen LogP contribution in [0.15, 0.2) is 200 Å². The highest BCUT2D eigenvalue weighted by Gasteiger charge is 2.24. The van der Waals surface area contributed by atoms with Crippen molar-refractivity contribution in [2.45, 2.75) is 33.1 Å². The van der Waals surface area contributed by atoms with Gasteiger partial charge in [0.25, 0.3) is 0 Å². The Bertz CT molecular complexity index is 3610. The summed E-state index contributed by atoms with van der Waals surface area (Å²) >= 11 is 1.87. The number of allylic oxidation sites excluding steroid dienone is 6. The Hall–Kier alpha value is -7.20. The fourth-order valence-corrected chi connectivity index (χ4v) is 11.2. The topological polar surface area (TPSA) is 7.65 Å². The van der Waals surface area contributed by atoms with E-state index in [2.05, 4.69) is 191 Å². The van der Waals surface area contributed by atoms with Crippen LogP contribution in [0, 0.1) is 0 Å². The van der Waals surface area contributed by atoms with Crippen molar-refractivity contribution in [3.8, 4) is 22.3 Å². The third kappa shape index (κ3) is 5.76. The van der Waals surface area contributed by atoms with Crippen LogP contribution in [-0.4, -0.2) is 4.40 Å². The zero-order valence-electron chi connectivity index (χ0n) is 34.9. The molecule has 8 aromatic carbocycles. The van der Waals surface area contributed by atoms with Crippen LogP contribution in [0.3, 0.4) is 0 Å². The fraction of sp³-hybridized carbons (Fsp3) is 0.0847. The lowest BCUT2D eigenvalue weighted by Gasteiger charge is -2.27. The lowest BCUT2D eigenvalue weighted by Crippen LogP contribution is -2.11. The summed E-state index contributed by atoms with van der Waals surface area (Å²) in [5, 5.41) is 7.79. The van der Waals surface area contributed by atoms with Crippen molar-refractivity contribution in [3.63, 3.8) is 0 Å². The first-order valence-electron chi connectivity index (χ1n) is 21.8. The molecule has 0 atom stereocenters. The Balaban J connectivity index is 0.000000986. The smallest absolute Gasteiger partial charge is 0.0782 e. The molecule has 0 spiro atoms. The minimum Gasteiger partial charge on any atom is -0.308 e. The van der Waals surface area contributed by atoms with Crippen molar-refractivity contribution >= 4 is 92.2 Å². The van der Waals surface area contributed by atoms with Gasteiger partial charge in [-0.1, -0.05) is 139 Å². The third-order valence-electron chi connectivity index (χ3n) is 13.2. The number of aromatic nitrogens is 1. The molecule has 13 rings (SSSR count). The summed E-state index contributed by atoms with van der Waals surface area (Å²) in [6, 6.07) is 63.6. The van der Waals surface area contributed by atoms with Crippen LogP contribution in [0.4, 0.5) is 17.1 Å². The predicted molar refractivity (Wildman–Crippen MR) is 269 cm³/mol. The number of para-hydroxylation sites is 3. The van der Waals surface area contributed by atoms with Crippen molar-refractivity contribution in [1.82, 2.24) is 4.40 Å². The molecule has 2 aliphatic carbocycles. The summed E-state index contributed by atoms with van der Waals surface area (Å²) in [6.45, 7) is 4.00. The normalized spacial score (nSPS) is 13.6. The van der Waals surface area contributed by atoms with Crippen molar-refractivity contribution in [3.05, 3.63) is 211 Å². The third-order valence-corrected chi connectivity index (χ3v) is 14.3. The molecule has 0 saturated heterocycles. The van der Waals surface area contributed by atoms with Gasteiger partial charge in [-0.05, 0) is 133 Å². The van der Waals surface area contributed by atoms with Gasteiger partial charge in [-0.2, -0.15) is 0 Å². The van der Waals surface area contributed by atoms with Crippen LogP contribution in [0.25, 0.3) is 86.1 Å². The number of benzene rings is 8. The van der Waals surface area contributed by atoms with Crippen LogP contribution in [0.1, 0.15) is 37.8 Å². The van der Waals surface area contributed by atoms with Crippen molar-refractivity contribution in [1.29, 1.82) is 0 Å². The highest BCUT2D eigenvalue weighted by molar-refractivity contribution is 7.25. The van der Waals surface area contributed by atoms with E-state index in [0.717, 1.165) is 29.9 Å². The monoisotopic (exact) mass is 812 g/mol. The Morgan fingerprint density at radius 3 is 1.87 bits per heavy atom. The van der Waals surface area contributed by atoms with Crippen molar-refractivity contribution in [2.24, 2.45) is 0 Å². The lowest BCUT2D eigenvalue weighted by atomic mass is 9.95. The number of hydrogen-bond acceptors (Lipinski definition) is 2. The summed E-state index contributed by atoms with van der Waals surface area (Å²) in [6.07, 6.45) is 12.1. The van der Waals surface area contributed by atoms with Gasteiger partial charge in [0.05, 0.1) is 22.2 Å². The molecule has 62 heavy (non-hydrogen) atoms.